The van der Waals surface area contributed by atoms with Crippen LogP contribution in [0.5, 0.6) is 0 Å². The van der Waals surface area contributed by atoms with Gasteiger partial charge in [-0.2, -0.15) is 26.3 Å². The Labute approximate surface area is 279 Å². The van der Waals surface area contributed by atoms with E-state index in [1.54, 1.807) is 11.8 Å². The highest BCUT2D eigenvalue weighted by Crippen LogP contribution is 2.40. The Kier molecular flexibility index (Phi) is 12.2. The number of anilines is 1. The molecule has 0 spiro atoms. The van der Waals surface area contributed by atoms with E-state index >= 15 is 0 Å². The average Bonchev–Trinajstić information content (AvgIpc) is 3.02. The summed E-state index contributed by atoms with van der Waals surface area (Å²) in [6.07, 6.45) is -1.65. The summed E-state index contributed by atoms with van der Waals surface area (Å²) in [5, 5.41) is 0. The van der Waals surface area contributed by atoms with Crippen LogP contribution >= 0.6 is 15.9 Å². The van der Waals surface area contributed by atoms with Crippen molar-refractivity contribution in [1.29, 1.82) is 0 Å². The van der Waals surface area contributed by atoms with Crippen LogP contribution < -0.4 is 4.90 Å². The number of rotatable bonds is 10. The molecule has 2 aromatic rings. The topological polar surface area (TPSA) is 75.6 Å². The normalized spacial score (nSPS) is 23.8. The number of hydrogen-bond acceptors (Lipinski definition) is 6. The number of aromatic nitrogens is 2. The zero-order valence-corrected chi connectivity index (χ0v) is 28.3. The van der Waals surface area contributed by atoms with Crippen LogP contribution in [0.15, 0.2) is 35.1 Å². The molecule has 3 atom stereocenters. The van der Waals surface area contributed by atoms with Crippen LogP contribution in [0.4, 0.5) is 32.3 Å². The van der Waals surface area contributed by atoms with Crippen molar-refractivity contribution >= 4 is 33.8 Å². The lowest BCUT2D eigenvalue weighted by Gasteiger charge is -2.49. The summed E-state index contributed by atoms with van der Waals surface area (Å²) in [5.74, 6) is 0.0239. The fourth-order valence-electron chi connectivity index (χ4n) is 6.99. The Hall–Kier alpha value is -2.90. The molecule has 0 radical (unpaired) electrons. The molecule has 260 valence electrons. The fraction of sp³-hybridized carbons (Fsp3) is 0.636. The van der Waals surface area contributed by atoms with Crippen molar-refractivity contribution in [2.75, 3.05) is 11.5 Å². The molecule has 2 aliphatic rings. The molecule has 1 saturated heterocycles. The molecule has 1 aliphatic heterocycles. The number of halogens is 7. The Morgan fingerprint density at radius 2 is 1.43 bits per heavy atom. The van der Waals surface area contributed by atoms with Crippen molar-refractivity contribution in [3.05, 3.63) is 51.8 Å². The molecule has 2 heterocycles. The first-order valence-electron chi connectivity index (χ1n) is 16.1. The van der Waals surface area contributed by atoms with Gasteiger partial charge < -0.3 is 14.5 Å². The molecule has 2 fully saturated rings. The molecular weight excluding hydrogens is 694 g/mol. The third-order valence-electron chi connectivity index (χ3n) is 9.33. The maximum atomic E-state index is 14.0. The Balaban J connectivity index is 1.60. The number of alkyl halides is 6. The molecular formula is C33H41BrF6N4O3. The van der Waals surface area contributed by atoms with Gasteiger partial charge in [-0.25, -0.2) is 9.97 Å². The van der Waals surface area contributed by atoms with Crippen molar-refractivity contribution in [2.24, 2.45) is 11.8 Å². The third kappa shape index (κ3) is 9.38. The summed E-state index contributed by atoms with van der Waals surface area (Å²) in [6.45, 7) is 5.76. The number of hydrogen-bond donors (Lipinski definition) is 0. The number of carbonyl (C=O) groups is 2. The quantitative estimate of drug-likeness (QED) is 0.180. The van der Waals surface area contributed by atoms with E-state index in [1.165, 1.54) is 12.4 Å². The Bertz CT molecular complexity index is 1320. The lowest BCUT2D eigenvalue weighted by molar-refractivity contribution is -0.146. The second kappa shape index (κ2) is 15.5. The van der Waals surface area contributed by atoms with E-state index in [1.807, 2.05) is 18.7 Å². The number of piperidine rings is 1. The number of esters is 1. The molecule has 1 amide bonds. The van der Waals surface area contributed by atoms with Crippen LogP contribution in [-0.2, 0) is 33.2 Å². The molecule has 1 unspecified atom stereocenters. The molecule has 14 heteroatoms. The van der Waals surface area contributed by atoms with Gasteiger partial charge in [0.25, 0.3) is 0 Å². The van der Waals surface area contributed by atoms with Gasteiger partial charge in [0.05, 0.1) is 22.2 Å². The molecule has 0 bridgehead atoms. The molecule has 1 aromatic heterocycles. The van der Waals surface area contributed by atoms with Crippen LogP contribution in [0.3, 0.4) is 0 Å². The van der Waals surface area contributed by atoms with Gasteiger partial charge in [-0.15, -0.1) is 0 Å². The highest BCUT2D eigenvalue weighted by atomic mass is 79.9. The maximum absolute atomic E-state index is 14.0. The smallest absolute Gasteiger partial charge is 0.416 e. The minimum absolute atomic E-state index is 0.0656. The van der Waals surface area contributed by atoms with Crippen molar-refractivity contribution in [3.63, 3.8) is 0 Å². The highest BCUT2D eigenvalue weighted by Gasteiger charge is 2.43. The van der Waals surface area contributed by atoms with Crippen LogP contribution in [0.25, 0.3) is 0 Å². The molecule has 0 N–H and O–H groups in total. The molecule has 7 nitrogen and oxygen atoms in total. The highest BCUT2D eigenvalue weighted by molar-refractivity contribution is 9.10. The summed E-state index contributed by atoms with van der Waals surface area (Å²) in [6, 6.07) is 0.847. The van der Waals surface area contributed by atoms with E-state index < -0.39 is 23.5 Å². The van der Waals surface area contributed by atoms with Gasteiger partial charge in [-0.3, -0.25) is 9.59 Å². The second-order valence-corrected chi connectivity index (χ2v) is 13.4. The first-order chi connectivity index (χ1) is 22.1. The lowest BCUT2D eigenvalue weighted by atomic mass is 9.78. The minimum Gasteiger partial charge on any atom is -0.466 e. The first kappa shape index (κ1) is 36.9. The van der Waals surface area contributed by atoms with Crippen molar-refractivity contribution in [1.82, 2.24) is 14.9 Å². The van der Waals surface area contributed by atoms with Gasteiger partial charge in [-0.1, -0.05) is 13.8 Å². The van der Waals surface area contributed by atoms with Gasteiger partial charge in [-0.05, 0) is 104 Å². The van der Waals surface area contributed by atoms with Crippen molar-refractivity contribution < 1.29 is 40.7 Å². The van der Waals surface area contributed by atoms with Gasteiger partial charge in [0, 0.05) is 49.4 Å². The first-order valence-corrected chi connectivity index (χ1v) is 16.9. The van der Waals surface area contributed by atoms with E-state index in [2.05, 4.69) is 25.9 Å². The zero-order chi connectivity index (χ0) is 34.5. The zero-order valence-electron chi connectivity index (χ0n) is 26.7. The molecule has 1 aromatic carbocycles. The SMILES string of the molecule is CCOC(=O)CC1CCC(C(=O)N2[C@H](CC)CC(N(Cc3cc(C(F)(F)F)cc(C(F)(F)F)c3)c3ncc(Br)cn3)C[C@@H]2CC)CC1. The van der Waals surface area contributed by atoms with E-state index in [9.17, 15) is 35.9 Å². The summed E-state index contributed by atoms with van der Waals surface area (Å²) >= 11 is 3.28. The lowest BCUT2D eigenvalue weighted by Crippen LogP contribution is -2.58. The number of ether oxygens (including phenoxy) is 1. The predicted molar refractivity (Wildman–Crippen MR) is 167 cm³/mol. The minimum atomic E-state index is -4.97. The van der Waals surface area contributed by atoms with E-state index in [4.69, 9.17) is 4.74 Å². The predicted octanol–water partition coefficient (Wildman–Crippen LogP) is 8.59. The number of nitrogens with zero attached hydrogens (tertiary/aromatic N) is 4. The fourth-order valence-corrected chi connectivity index (χ4v) is 7.20. The van der Waals surface area contributed by atoms with E-state index in [0.29, 0.717) is 56.0 Å². The summed E-state index contributed by atoms with van der Waals surface area (Å²) in [7, 11) is 0. The van der Waals surface area contributed by atoms with Crippen molar-refractivity contribution in [3.8, 4) is 0 Å². The van der Waals surface area contributed by atoms with Crippen LogP contribution in [0.1, 0.15) is 95.2 Å². The number of benzene rings is 1. The number of amides is 1. The number of likely N-dealkylation sites (tertiary alicyclic amines) is 1. The van der Waals surface area contributed by atoms with Gasteiger partial charge in [0.2, 0.25) is 11.9 Å². The van der Waals surface area contributed by atoms with Crippen LogP contribution in [-0.4, -0.2) is 51.5 Å². The monoisotopic (exact) mass is 734 g/mol. The van der Waals surface area contributed by atoms with Crippen LogP contribution in [0, 0.1) is 11.8 Å². The molecule has 1 saturated carbocycles. The largest absolute Gasteiger partial charge is 0.466 e. The summed E-state index contributed by atoms with van der Waals surface area (Å²) < 4.78 is 87.9. The average molecular weight is 736 g/mol. The van der Waals surface area contributed by atoms with Gasteiger partial charge in [0.1, 0.15) is 0 Å². The summed E-state index contributed by atoms with van der Waals surface area (Å²) in [5.41, 5.74) is -2.93. The van der Waals surface area contributed by atoms with Gasteiger partial charge >= 0.3 is 18.3 Å². The van der Waals surface area contributed by atoms with Crippen LogP contribution in [0.2, 0.25) is 0 Å². The standard InChI is InChI=1S/C33H41BrF6N4O3/c1-4-26-15-28(16-27(5-2)44(26)30(46)22-9-7-20(8-10-22)13-29(45)47-6-3)43(31-41-17-25(34)18-42-31)19-21-11-23(32(35,36)37)14-24(12-21)33(38,39)40/h11-12,14,17-18,20,22,26-28H,4-10,13,15-16,19H2,1-3H3/t20?,22?,26-,27+,28?. The Morgan fingerprint density at radius 3 is 1.89 bits per heavy atom. The van der Waals surface area contributed by atoms with Gasteiger partial charge in [0.15, 0.2) is 0 Å². The second-order valence-electron chi connectivity index (χ2n) is 12.5. The number of carbonyl (C=O) groups excluding carboxylic acids is 2. The summed E-state index contributed by atoms with van der Waals surface area (Å²) in [4.78, 5) is 38.4. The van der Waals surface area contributed by atoms with Crippen molar-refractivity contribution in [2.45, 2.75) is 116 Å². The Morgan fingerprint density at radius 1 is 0.894 bits per heavy atom. The molecule has 1 aliphatic carbocycles. The molecule has 47 heavy (non-hydrogen) atoms. The third-order valence-corrected chi connectivity index (χ3v) is 9.74. The van der Waals surface area contributed by atoms with E-state index in [0.717, 1.165) is 25.0 Å². The molecule has 4 rings (SSSR count). The maximum Gasteiger partial charge on any atom is 0.416 e. The van der Waals surface area contributed by atoms with E-state index in [-0.39, 0.29) is 66.0 Å².